The molecule has 0 radical (unpaired) electrons. The molecule has 19 heavy (non-hydrogen) atoms. The van der Waals surface area contributed by atoms with E-state index in [9.17, 15) is 0 Å². The van der Waals surface area contributed by atoms with Crippen LogP contribution in [-0.2, 0) is 11.3 Å². The van der Waals surface area contributed by atoms with E-state index in [-0.39, 0.29) is 13.3 Å². The molecular formula is C12H24N4O2Si. The lowest BCUT2D eigenvalue weighted by Gasteiger charge is -2.22. The Kier molecular flexibility index (Phi) is 5.74. The van der Waals surface area contributed by atoms with Crippen molar-refractivity contribution >= 4 is 19.4 Å². The number of anilines is 2. The van der Waals surface area contributed by atoms with Crippen LogP contribution in [0, 0.1) is 0 Å². The molecule has 5 N–H and O–H groups in total. The summed E-state index contributed by atoms with van der Waals surface area (Å²) >= 11 is 0. The Balaban J connectivity index is 2.51. The van der Waals surface area contributed by atoms with E-state index in [4.69, 9.17) is 21.4 Å². The van der Waals surface area contributed by atoms with Crippen LogP contribution in [0.4, 0.5) is 11.4 Å². The van der Waals surface area contributed by atoms with Gasteiger partial charge >= 0.3 is 0 Å². The van der Waals surface area contributed by atoms with Gasteiger partial charge in [0.2, 0.25) is 0 Å². The van der Waals surface area contributed by atoms with Gasteiger partial charge in [-0.25, -0.2) is 5.84 Å². The smallest absolute Gasteiger partial charge is 0.133 e. The van der Waals surface area contributed by atoms with Gasteiger partial charge in [0.1, 0.15) is 6.73 Å². The summed E-state index contributed by atoms with van der Waals surface area (Å²) in [6.07, 6.45) is 1.49. The number of hydrogen-bond acceptors (Lipinski definition) is 6. The number of pyridine rings is 1. The molecule has 0 aromatic carbocycles. The first-order valence-corrected chi connectivity index (χ1v) is 9.99. The van der Waals surface area contributed by atoms with Crippen LogP contribution in [0.3, 0.4) is 0 Å². The van der Waals surface area contributed by atoms with Crippen molar-refractivity contribution in [3.8, 4) is 0 Å². The topological polar surface area (TPSA) is 97.6 Å². The molecule has 0 saturated carbocycles. The average Bonchev–Trinajstić information content (AvgIpc) is 2.34. The number of aliphatic hydroxyl groups is 1. The van der Waals surface area contributed by atoms with Gasteiger partial charge in [-0.1, -0.05) is 19.6 Å². The third-order valence-electron chi connectivity index (χ3n) is 2.67. The zero-order valence-corrected chi connectivity index (χ0v) is 12.9. The second kappa shape index (κ2) is 6.85. The summed E-state index contributed by atoms with van der Waals surface area (Å²) in [5.41, 5.74) is 7.42. The maximum Gasteiger partial charge on any atom is 0.133 e. The SMILES string of the molecule is C[Si](C)(C)CCOCN(N)c1cc(CO)ncc1N. The van der Waals surface area contributed by atoms with Crippen molar-refractivity contribution < 1.29 is 9.84 Å². The maximum atomic E-state index is 9.05. The normalized spacial score (nSPS) is 11.6. The van der Waals surface area contributed by atoms with E-state index >= 15 is 0 Å². The van der Waals surface area contributed by atoms with E-state index in [1.165, 1.54) is 11.2 Å². The summed E-state index contributed by atoms with van der Waals surface area (Å²) in [4.78, 5) is 3.98. The Morgan fingerprint density at radius 1 is 1.42 bits per heavy atom. The minimum atomic E-state index is -1.09. The molecule has 1 heterocycles. The van der Waals surface area contributed by atoms with E-state index < -0.39 is 8.07 Å². The third-order valence-corrected chi connectivity index (χ3v) is 4.37. The van der Waals surface area contributed by atoms with Gasteiger partial charge < -0.3 is 15.6 Å². The Hall–Kier alpha value is -1.15. The Labute approximate surface area is 115 Å². The van der Waals surface area contributed by atoms with Crippen LogP contribution in [0.2, 0.25) is 25.7 Å². The molecule has 0 saturated heterocycles. The number of ether oxygens (including phenoxy) is 1. The number of nitrogen functional groups attached to an aromatic ring is 1. The second-order valence-electron chi connectivity index (χ2n) is 5.71. The molecule has 108 valence electrons. The molecular weight excluding hydrogens is 260 g/mol. The van der Waals surface area contributed by atoms with Gasteiger partial charge in [0.15, 0.2) is 0 Å². The van der Waals surface area contributed by atoms with Crippen molar-refractivity contribution in [1.82, 2.24) is 4.98 Å². The fourth-order valence-electron chi connectivity index (χ4n) is 1.44. The summed E-state index contributed by atoms with van der Waals surface area (Å²) in [6, 6.07) is 2.76. The molecule has 0 bridgehead atoms. The summed E-state index contributed by atoms with van der Waals surface area (Å²) in [7, 11) is -1.09. The molecule has 0 fully saturated rings. The molecule has 1 rings (SSSR count). The monoisotopic (exact) mass is 284 g/mol. The van der Waals surface area contributed by atoms with E-state index in [2.05, 4.69) is 24.6 Å². The van der Waals surface area contributed by atoms with E-state index in [0.717, 1.165) is 6.04 Å². The van der Waals surface area contributed by atoms with Crippen LogP contribution in [0.1, 0.15) is 5.69 Å². The highest BCUT2D eigenvalue weighted by atomic mass is 28.3. The van der Waals surface area contributed by atoms with Crippen LogP contribution in [0.15, 0.2) is 12.3 Å². The highest BCUT2D eigenvalue weighted by Crippen LogP contribution is 2.20. The van der Waals surface area contributed by atoms with Crippen molar-refractivity contribution in [2.45, 2.75) is 32.3 Å². The lowest BCUT2D eigenvalue weighted by atomic mass is 10.3. The molecule has 0 aliphatic rings. The van der Waals surface area contributed by atoms with E-state index in [1.807, 2.05) is 0 Å². The Morgan fingerprint density at radius 2 is 2.11 bits per heavy atom. The minimum absolute atomic E-state index is 0.141. The highest BCUT2D eigenvalue weighted by Gasteiger charge is 2.13. The van der Waals surface area contributed by atoms with Crippen LogP contribution >= 0.6 is 0 Å². The van der Waals surface area contributed by atoms with Crippen LogP contribution in [0.5, 0.6) is 0 Å². The van der Waals surface area contributed by atoms with Gasteiger partial charge in [-0.2, -0.15) is 0 Å². The fourth-order valence-corrected chi connectivity index (χ4v) is 2.20. The molecule has 0 aliphatic carbocycles. The lowest BCUT2D eigenvalue weighted by molar-refractivity contribution is 0.146. The van der Waals surface area contributed by atoms with Gasteiger partial charge in [-0.3, -0.25) is 9.99 Å². The first-order valence-electron chi connectivity index (χ1n) is 6.29. The molecule has 0 spiro atoms. The molecule has 0 aliphatic heterocycles. The number of aliphatic hydroxyl groups excluding tert-OH is 1. The molecule has 0 amide bonds. The third kappa shape index (κ3) is 5.56. The quantitative estimate of drug-likeness (QED) is 0.228. The molecule has 7 heteroatoms. The highest BCUT2D eigenvalue weighted by molar-refractivity contribution is 6.76. The Morgan fingerprint density at radius 3 is 2.68 bits per heavy atom. The van der Waals surface area contributed by atoms with Gasteiger partial charge in [-0.15, -0.1) is 0 Å². The van der Waals surface area contributed by atoms with Gasteiger partial charge in [0.25, 0.3) is 0 Å². The van der Waals surface area contributed by atoms with Crippen molar-refractivity contribution in [2.75, 3.05) is 24.1 Å². The molecule has 6 nitrogen and oxygen atoms in total. The number of nitrogens with zero attached hydrogens (tertiary/aromatic N) is 2. The first-order chi connectivity index (χ1) is 8.83. The largest absolute Gasteiger partial charge is 0.396 e. The molecule has 0 atom stereocenters. The maximum absolute atomic E-state index is 9.05. The van der Waals surface area contributed by atoms with E-state index in [0.29, 0.717) is 23.7 Å². The number of hydrogen-bond donors (Lipinski definition) is 3. The fraction of sp³-hybridized carbons (Fsp3) is 0.583. The number of nitrogens with two attached hydrogens (primary N) is 2. The predicted molar refractivity (Wildman–Crippen MR) is 80.2 cm³/mol. The Bertz CT molecular complexity index is 409. The number of rotatable bonds is 7. The van der Waals surface area contributed by atoms with Crippen LogP contribution in [-0.4, -0.2) is 31.5 Å². The summed E-state index contributed by atoms with van der Waals surface area (Å²) in [6.45, 7) is 7.71. The van der Waals surface area contributed by atoms with Gasteiger partial charge in [0, 0.05) is 14.7 Å². The van der Waals surface area contributed by atoms with Gasteiger partial charge in [0.05, 0.1) is 29.9 Å². The zero-order chi connectivity index (χ0) is 14.5. The molecule has 1 aromatic heterocycles. The van der Waals surface area contributed by atoms with Crippen molar-refractivity contribution in [3.05, 3.63) is 18.0 Å². The van der Waals surface area contributed by atoms with Crippen molar-refractivity contribution in [2.24, 2.45) is 5.84 Å². The summed E-state index contributed by atoms with van der Waals surface area (Å²) in [5.74, 6) is 5.90. The molecule has 1 aromatic rings. The van der Waals surface area contributed by atoms with Crippen molar-refractivity contribution in [1.29, 1.82) is 0 Å². The van der Waals surface area contributed by atoms with Gasteiger partial charge in [-0.05, 0) is 12.1 Å². The zero-order valence-electron chi connectivity index (χ0n) is 11.9. The van der Waals surface area contributed by atoms with Crippen LogP contribution < -0.4 is 16.6 Å². The predicted octanol–water partition coefficient (Wildman–Crippen LogP) is 1.15. The second-order valence-corrected chi connectivity index (χ2v) is 11.3. The lowest BCUT2D eigenvalue weighted by Crippen LogP contribution is -2.35. The van der Waals surface area contributed by atoms with Crippen molar-refractivity contribution in [3.63, 3.8) is 0 Å². The van der Waals surface area contributed by atoms with Crippen LogP contribution in [0.25, 0.3) is 0 Å². The minimum Gasteiger partial charge on any atom is -0.396 e. The molecule has 0 unspecified atom stereocenters. The standard InChI is InChI=1S/C12H24N4O2Si/c1-19(2,3)5-4-18-9-16(14)12-6-10(8-17)15-7-11(12)13/h6-7,17H,4-5,8-9,13-14H2,1-3H3. The summed E-state index contributed by atoms with van der Waals surface area (Å²) in [5, 5.41) is 10.5. The van der Waals surface area contributed by atoms with E-state index in [1.54, 1.807) is 6.07 Å². The first kappa shape index (κ1) is 15.9. The number of aromatic nitrogens is 1. The average molecular weight is 284 g/mol. The number of hydrazine groups is 1. The summed E-state index contributed by atoms with van der Waals surface area (Å²) < 4.78 is 5.55.